The molecule has 2 unspecified atom stereocenters. The second-order valence-corrected chi connectivity index (χ2v) is 23.4. The summed E-state index contributed by atoms with van der Waals surface area (Å²) >= 11 is 26.2. The second-order valence-electron chi connectivity index (χ2n) is 16.5. The second kappa shape index (κ2) is 19.2. The van der Waals surface area contributed by atoms with E-state index in [1.54, 1.807) is 48.5 Å². The van der Waals surface area contributed by atoms with Crippen LogP contribution >= 0.6 is 46.4 Å². The average Bonchev–Trinajstić information content (AvgIpc) is 3.43. The van der Waals surface area contributed by atoms with Crippen molar-refractivity contribution >= 4 is 166 Å². The molecule has 0 saturated heterocycles. The van der Waals surface area contributed by atoms with Gasteiger partial charge in [-0.15, -0.1) is 0 Å². The van der Waals surface area contributed by atoms with E-state index in [-0.39, 0.29) is 68.3 Å². The third kappa shape index (κ3) is 9.81. The van der Waals surface area contributed by atoms with Crippen molar-refractivity contribution in [3.05, 3.63) is 139 Å². The molecule has 78 heavy (non-hydrogen) atoms. The highest BCUT2D eigenvalue weighted by Gasteiger charge is 2.44. The number of allylic oxidation sites excluding steroid dienone is 2. The van der Waals surface area contributed by atoms with Gasteiger partial charge in [-0.05, 0) is 70.4 Å². The fourth-order valence-electron chi connectivity index (χ4n) is 8.58. The van der Waals surface area contributed by atoms with Crippen LogP contribution in [0, 0.1) is 0 Å². The van der Waals surface area contributed by atoms with Gasteiger partial charge >= 0.3 is 0 Å². The number of rotatable bonds is 12. The van der Waals surface area contributed by atoms with Gasteiger partial charge in [-0.1, -0.05) is 83.9 Å². The maximum atomic E-state index is 13.2. The summed E-state index contributed by atoms with van der Waals surface area (Å²) in [6.07, 6.45) is 1.26. The van der Waals surface area contributed by atoms with E-state index < -0.39 is 116 Å². The van der Waals surface area contributed by atoms with Crippen molar-refractivity contribution in [2.24, 2.45) is 9.98 Å². The molecular weight excluding hydrogens is 1190 g/mol. The van der Waals surface area contributed by atoms with Crippen LogP contribution < -0.4 is 30.7 Å². The zero-order chi connectivity index (χ0) is 55.4. The van der Waals surface area contributed by atoms with E-state index in [2.05, 4.69) is 61.2 Å². The highest BCUT2D eigenvalue weighted by Crippen LogP contribution is 2.58. The smallest absolute Gasteiger partial charge is 0.297 e. The molecule has 2 atom stereocenters. The Hall–Kier alpha value is -7.46. The van der Waals surface area contributed by atoms with E-state index >= 15 is 0 Å². The van der Waals surface area contributed by atoms with E-state index in [4.69, 9.17) is 55.9 Å². The molecular formula is C44H26Cl4N12O14S4. The Kier molecular flexibility index (Phi) is 12.9. The Morgan fingerprint density at radius 3 is 1.15 bits per heavy atom. The molecule has 4 aliphatic rings. The summed E-state index contributed by atoms with van der Waals surface area (Å²) in [5.74, 6) is -2.39. The van der Waals surface area contributed by atoms with Crippen molar-refractivity contribution in [3.63, 3.8) is 0 Å². The zero-order valence-electron chi connectivity index (χ0n) is 38.0. The summed E-state index contributed by atoms with van der Waals surface area (Å²) in [5.41, 5.74) is -2.03. The minimum atomic E-state index is -5.26. The first kappa shape index (κ1) is 52.6. The molecule has 0 spiro atoms. The Morgan fingerprint density at radius 2 is 0.795 bits per heavy atom. The number of aliphatic imine (C=N–C) groups is 2. The number of ether oxygens (including phenoxy) is 2. The summed E-state index contributed by atoms with van der Waals surface area (Å²) in [6, 6.07) is 18.4. The third-order valence-electron chi connectivity index (χ3n) is 11.6. The Labute approximate surface area is 458 Å². The molecule has 5 aromatic carbocycles. The summed E-state index contributed by atoms with van der Waals surface area (Å²) in [6.45, 7) is 0. The summed E-state index contributed by atoms with van der Waals surface area (Å²) < 4.78 is 157. The van der Waals surface area contributed by atoms with Crippen LogP contribution in [0.15, 0.2) is 138 Å². The number of aromatic nitrogens is 6. The van der Waals surface area contributed by atoms with E-state index in [0.29, 0.717) is 10.8 Å². The van der Waals surface area contributed by atoms with E-state index in [0.717, 1.165) is 12.2 Å². The maximum Gasteiger partial charge on any atom is 0.297 e. The van der Waals surface area contributed by atoms with Gasteiger partial charge in [0.05, 0.1) is 34.2 Å². The fourth-order valence-corrected chi connectivity index (χ4v) is 12.8. The first-order valence-corrected chi connectivity index (χ1v) is 28.8. The molecule has 11 rings (SSSR count). The standard InChI is InChI=1S/C44H26Cl4N12O14S4/c45-27-30-34(74-32-22(50-30)14-16-26(38(32)78(70,71)72)54-44-58-40(48)56-42(60-44)52-24-12-10-18-6-2-4-8-20(18)36(24)76(64,65)66)28(46)29-33(27)73-31-21(49-29)13-15-25(37(31)77(67,68)69)53-43-57-39(47)55-41(59-43)51-23-11-9-17-5-1-3-7-19(17)35(23)75(61,62)63/h1-16,31-32H,(H,61,62,63)(H,64,65,66)(H,67,68,69)(H,70,71,72)(H2,51,53,55,57,59)(H2,52,54,56,58,60). The summed E-state index contributed by atoms with van der Waals surface area (Å²) in [7, 11) is -20.2. The number of hydrogen-bond acceptors (Lipinski definition) is 22. The van der Waals surface area contributed by atoms with Gasteiger partial charge in [-0.2, -0.15) is 63.6 Å². The molecule has 0 amide bonds. The van der Waals surface area contributed by atoms with E-state index in [9.17, 15) is 51.9 Å². The van der Waals surface area contributed by atoms with E-state index in [1.165, 1.54) is 36.4 Å². The molecule has 0 radical (unpaired) electrons. The SMILES string of the molecule is O=S(=O)(O)C1=C(Nc2nc(Cl)nc(Nc3ccc4ccccc4c3S(=O)(=O)O)n2)C=CC2=Nc3c(Cl)c4c(c(Cl)c3OC21)N=C1C=CC(Nc2nc(Cl)nc(Nc3ccc5ccccc5c3S(=O)(=O)O)n2)=C(S(=O)(=O)O)C1O4. The van der Waals surface area contributed by atoms with Gasteiger partial charge in [0.2, 0.25) is 34.4 Å². The van der Waals surface area contributed by atoms with Crippen molar-refractivity contribution in [1.82, 2.24) is 29.9 Å². The predicted octanol–water partition coefficient (Wildman–Crippen LogP) is 8.19. The van der Waals surface area contributed by atoms with Crippen molar-refractivity contribution in [2.75, 3.05) is 21.3 Å². The molecule has 0 fully saturated rings. The van der Waals surface area contributed by atoms with Crippen LogP contribution in [0.5, 0.6) is 11.5 Å². The lowest BCUT2D eigenvalue weighted by atomic mass is 10.0. The van der Waals surface area contributed by atoms with Crippen LogP contribution in [0.4, 0.5) is 46.5 Å². The van der Waals surface area contributed by atoms with Crippen molar-refractivity contribution in [2.45, 2.75) is 22.0 Å². The van der Waals surface area contributed by atoms with Crippen LogP contribution in [0.3, 0.4) is 0 Å². The number of fused-ring (bicyclic) bond motifs is 6. The predicted molar refractivity (Wildman–Crippen MR) is 286 cm³/mol. The van der Waals surface area contributed by atoms with Crippen LogP contribution in [0.1, 0.15) is 0 Å². The lowest BCUT2D eigenvalue weighted by molar-refractivity contribution is 0.291. The van der Waals surface area contributed by atoms with Crippen molar-refractivity contribution in [3.8, 4) is 11.5 Å². The van der Waals surface area contributed by atoms with Gasteiger partial charge in [-0.3, -0.25) is 18.2 Å². The molecule has 0 saturated carbocycles. The highest BCUT2D eigenvalue weighted by molar-refractivity contribution is 7.90. The lowest BCUT2D eigenvalue weighted by Gasteiger charge is -2.33. The quantitative estimate of drug-likeness (QED) is 0.0534. The number of hydrogen-bond donors (Lipinski definition) is 8. The molecule has 0 bridgehead atoms. The van der Waals surface area contributed by atoms with Crippen LogP contribution in [0.25, 0.3) is 21.5 Å². The van der Waals surface area contributed by atoms with Crippen molar-refractivity contribution in [1.29, 1.82) is 0 Å². The Balaban J connectivity index is 0.896. The summed E-state index contributed by atoms with van der Waals surface area (Å²) in [5, 5.41) is 10.1. The van der Waals surface area contributed by atoms with Crippen molar-refractivity contribution < 1.29 is 61.4 Å². The highest BCUT2D eigenvalue weighted by atomic mass is 35.5. The number of benzene rings is 5. The van der Waals surface area contributed by atoms with Gasteiger partial charge in [-0.25, -0.2) is 9.98 Å². The summed E-state index contributed by atoms with van der Waals surface area (Å²) in [4.78, 5) is 30.5. The fraction of sp³-hybridized carbons (Fsp3) is 0.0455. The van der Waals surface area contributed by atoms with Gasteiger partial charge in [0.1, 0.15) is 41.0 Å². The molecule has 2 aliphatic carbocycles. The molecule has 8 N–H and O–H groups in total. The maximum absolute atomic E-state index is 13.2. The molecule has 26 nitrogen and oxygen atoms in total. The first-order valence-electron chi connectivity index (χ1n) is 21.5. The lowest BCUT2D eigenvalue weighted by Crippen LogP contribution is -2.38. The molecule has 34 heteroatoms. The minimum Gasteiger partial charge on any atom is -0.474 e. The average molecular weight is 1220 g/mol. The monoisotopic (exact) mass is 1210 g/mol. The molecule has 2 aliphatic heterocycles. The van der Waals surface area contributed by atoms with E-state index in [1.807, 2.05) is 0 Å². The number of nitrogens with one attached hydrogen (secondary N) is 4. The third-order valence-corrected chi connectivity index (χ3v) is 16.5. The minimum absolute atomic E-state index is 0.158. The van der Waals surface area contributed by atoms with Gasteiger partial charge < -0.3 is 30.7 Å². The first-order chi connectivity index (χ1) is 36.8. The van der Waals surface area contributed by atoms with Gasteiger partial charge in [0, 0.05) is 10.8 Å². The molecule has 398 valence electrons. The van der Waals surface area contributed by atoms with Crippen LogP contribution in [-0.2, 0) is 40.5 Å². The normalized spacial score (nSPS) is 17.0. The Bertz CT molecular complexity index is 4260. The number of anilines is 6. The zero-order valence-corrected chi connectivity index (χ0v) is 44.3. The van der Waals surface area contributed by atoms with Gasteiger partial charge in [0.15, 0.2) is 23.7 Å². The molecule has 7 aromatic rings. The largest absolute Gasteiger partial charge is 0.474 e. The number of halogens is 4. The topological polar surface area (TPSA) is 386 Å². The van der Waals surface area contributed by atoms with Gasteiger partial charge in [0.25, 0.3) is 40.5 Å². The molecule has 2 aromatic heterocycles. The Morgan fingerprint density at radius 1 is 0.436 bits per heavy atom. The number of nitrogens with zero attached hydrogens (tertiary/aromatic N) is 8. The van der Waals surface area contributed by atoms with Crippen LogP contribution in [-0.4, -0.2) is 105 Å². The van der Waals surface area contributed by atoms with Crippen LogP contribution in [0.2, 0.25) is 20.6 Å². The molecule has 4 heterocycles.